The second kappa shape index (κ2) is 9.96. The second-order valence-electron chi connectivity index (χ2n) is 6.38. The molecule has 0 saturated carbocycles. The number of carbonyl (C=O) groups is 2. The van der Waals surface area contributed by atoms with Crippen LogP contribution in [0.2, 0.25) is 5.02 Å². The summed E-state index contributed by atoms with van der Waals surface area (Å²) < 4.78 is 26.7. The Bertz CT molecular complexity index is 864. The van der Waals surface area contributed by atoms with E-state index in [2.05, 4.69) is 5.32 Å². The summed E-state index contributed by atoms with van der Waals surface area (Å²) in [5.74, 6) is -2.38. The predicted molar refractivity (Wildman–Crippen MR) is 106 cm³/mol. The van der Waals surface area contributed by atoms with Crippen molar-refractivity contribution in [3.05, 3.63) is 70.2 Å². The fourth-order valence-electron chi connectivity index (χ4n) is 3.24. The van der Waals surface area contributed by atoms with E-state index in [1.807, 2.05) is 18.2 Å². The molecule has 1 atom stereocenters. The van der Waals surface area contributed by atoms with Crippen LogP contribution in [0.25, 0.3) is 0 Å². The van der Waals surface area contributed by atoms with Crippen LogP contribution in [0.1, 0.15) is 34.8 Å². The van der Waals surface area contributed by atoms with Gasteiger partial charge in [-0.3, -0.25) is 9.59 Å². The van der Waals surface area contributed by atoms with Crippen LogP contribution in [0, 0.1) is 11.6 Å². The van der Waals surface area contributed by atoms with Gasteiger partial charge in [-0.15, -0.1) is 12.4 Å². The number of ketones is 1. The van der Waals surface area contributed by atoms with Crippen LogP contribution in [-0.4, -0.2) is 36.2 Å². The van der Waals surface area contributed by atoms with Crippen molar-refractivity contribution in [2.75, 3.05) is 19.6 Å². The van der Waals surface area contributed by atoms with E-state index in [1.54, 1.807) is 11.0 Å². The van der Waals surface area contributed by atoms with E-state index >= 15 is 0 Å². The molecule has 8 heteroatoms. The molecule has 4 nitrogen and oxygen atoms in total. The van der Waals surface area contributed by atoms with Gasteiger partial charge in [0.1, 0.15) is 11.6 Å². The number of carbonyl (C=O) groups excluding carboxylic acids is 2. The Morgan fingerprint density at radius 2 is 1.89 bits per heavy atom. The summed E-state index contributed by atoms with van der Waals surface area (Å²) >= 11 is 6.27. The molecule has 3 rings (SSSR count). The number of amides is 1. The second-order valence-corrected chi connectivity index (χ2v) is 6.78. The van der Waals surface area contributed by atoms with Crippen LogP contribution in [0.4, 0.5) is 8.78 Å². The number of hydrogen-bond donors (Lipinski definition) is 1. The standard InChI is InChI=1S/C20H19ClF2N2O2.ClH/c21-16-4-2-1-3-14(16)18-12-24-9-10-25(18)20(27)8-7-19(26)15-6-5-13(22)11-17(15)23;/h1-6,11,18,24H,7-10,12H2;1H. The van der Waals surface area contributed by atoms with Gasteiger partial charge in [-0.1, -0.05) is 29.8 Å². The molecule has 0 aliphatic carbocycles. The molecule has 1 aliphatic rings. The summed E-state index contributed by atoms with van der Waals surface area (Å²) in [5, 5.41) is 3.82. The Labute approximate surface area is 173 Å². The molecule has 2 aromatic rings. The highest BCUT2D eigenvalue weighted by Gasteiger charge is 2.29. The average molecular weight is 429 g/mol. The first-order valence-electron chi connectivity index (χ1n) is 8.70. The average Bonchev–Trinajstić information content (AvgIpc) is 2.66. The number of halogens is 4. The molecule has 1 heterocycles. The van der Waals surface area contributed by atoms with Crippen LogP contribution in [0.5, 0.6) is 0 Å². The van der Waals surface area contributed by atoms with Gasteiger partial charge in [0.05, 0.1) is 11.6 Å². The van der Waals surface area contributed by atoms with Crippen molar-refractivity contribution < 1.29 is 18.4 Å². The number of Topliss-reactive ketones (excluding diaryl/α,β-unsaturated/α-hetero) is 1. The lowest BCUT2D eigenvalue weighted by atomic mass is 10.0. The SMILES string of the molecule is Cl.O=C(CCC(=O)N1CCNCC1c1ccccc1Cl)c1ccc(F)cc1F. The summed E-state index contributed by atoms with van der Waals surface area (Å²) in [5.41, 5.74) is 0.641. The van der Waals surface area contributed by atoms with Crippen LogP contribution in [-0.2, 0) is 4.79 Å². The van der Waals surface area contributed by atoms with Crippen molar-refractivity contribution >= 4 is 35.7 Å². The molecule has 1 amide bonds. The Morgan fingerprint density at radius 1 is 1.14 bits per heavy atom. The van der Waals surface area contributed by atoms with E-state index in [4.69, 9.17) is 11.6 Å². The molecule has 2 aromatic carbocycles. The van der Waals surface area contributed by atoms with Crippen molar-refractivity contribution in [3.8, 4) is 0 Å². The van der Waals surface area contributed by atoms with Crippen LogP contribution >= 0.6 is 24.0 Å². The minimum atomic E-state index is -0.913. The summed E-state index contributed by atoms with van der Waals surface area (Å²) in [6.45, 7) is 1.71. The Balaban J connectivity index is 0.00000280. The normalized spacial score (nSPS) is 16.4. The summed E-state index contributed by atoms with van der Waals surface area (Å²) in [6.07, 6.45) is -0.183. The number of nitrogens with zero attached hydrogens (tertiary/aromatic N) is 1. The summed E-state index contributed by atoms with van der Waals surface area (Å²) in [4.78, 5) is 26.6. The molecule has 1 fully saturated rings. The highest BCUT2D eigenvalue weighted by molar-refractivity contribution is 6.31. The Morgan fingerprint density at radius 3 is 2.61 bits per heavy atom. The number of hydrogen-bond acceptors (Lipinski definition) is 3. The third-order valence-corrected chi connectivity index (χ3v) is 4.97. The first-order valence-corrected chi connectivity index (χ1v) is 9.08. The molecule has 0 aromatic heterocycles. The zero-order valence-electron chi connectivity index (χ0n) is 15.0. The monoisotopic (exact) mass is 428 g/mol. The number of benzene rings is 2. The fraction of sp³-hybridized carbons (Fsp3) is 0.300. The minimum Gasteiger partial charge on any atom is -0.333 e. The van der Waals surface area contributed by atoms with Crippen LogP contribution < -0.4 is 5.32 Å². The maximum Gasteiger partial charge on any atom is 0.223 e. The number of piperazine rings is 1. The zero-order valence-corrected chi connectivity index (χ0v) is 16.5. The smallest absolute Gasteiger partial charge is 0.223 e. The van der Waals surface area contributed by atoms with Crippen molar-refractivity contribution in [3.63, 3.8) is 0 Å². The van der Waals surface area contributed by atoms with Gasteiger partial charge in [-0.2, -0.15) is 0 Å². The quantitative estimate of drug-likeness (QED) is 0.726. The molecule has 0 spiro atoms. The molecular weight excluding hydrogens is 409 g/mol. The van der Waals surface area contributed by atoms with E-state index in [-0.39, 0.29) is 42.8 Å². The van der Waals surface area contributed by atoms with Crippen LogP contribution in [0.3, 0.4) is 0 Å². The lowest BCUT2D eigenvalue weighted by Crippen LogP contribution is -2.48. The van der Waals surface area contributed by atoms with Gasteiger partial charge in [0.15, 0.2) is 5.78 Å². The molecule has 0 bridgehead atoms. The van der Waals surface area contributed by atoms with Crippen LogP contribution in [0.15, 0.2) is 42.5 Å². The molecule has 1 N–H and O–H groups in total. The maximum absolute atomic E-state index is 13.7. The van der Waals surface area contributed by atoms with Crippen molar-refractivity contribution in [1.82, 2.24) is 10.2 Å². The van der Waals surface area contributed by atoms with Crippen molar-refractivity contribution in [2.24, 2.45) is 0 Å². The van der Waals surface area contributed by atoms with E-state index in [1.165, 1.54) is 0 Å². The fourth-order valence-corrected chi connectivity index (χ4v) is 3.50. The molecule has 1 saturated heterocycles. The van der Waals surface area contributed by atoms with Gasteiger partial charge < -0.3 is 10.2 Å². The Kier molecular flexibility index (Phi) is 7.92. The van der Waals surface area contributed by atoms with Crippen molar-refractivity contribution in [1.29, 1.82) is 0 Å². The number of rotatable bonds is 5. The van der Waals surface area contributed by atoms with E-state index in [0.29, 0.717) is 30.7 Å². The van der Waals surface area contributed by atoms with Gasteiger partial charge in [0.25, 0.3) is 0 Å². The molecular formula is C20H20Cl2F2N2O2. The highest BCUT2D eigenvalue weighted by Crippen LogP contribution is 2.29. The summed E-state index contributed by atoms with van der Waals surface area (Å²) in [6, 6.07) is 9.91. The molecule has 0 radical (unpaired) electrons. The van der Waals surface area contributed by atoms with Gasteiger partial charge in [0.2, 0.25) is 5.91 Å². The highest BCUT2D eigenvalue weighted by atomic mass is 35.5. The van der Waals surface area contributed by atoms with Gasteiger partial charge in [-0.05, 0) is 23.8 Å². The van der Waals surface area contributed by atoms with E-state index < -0.39 is 17.4 Å². The molecule has 1 aliphatic heterocycles. The topological polar surface area (TPSA) is 49.4 Å². The molecule has 1 unspecified atom stereocenters. The first kappa shape index (κ1) is 22.3. The minimum absolute atomic E-state index is 0. The molecule has 28 heavy (non-hydrogen) atoms. The van der Waals surface area contributed by atoms with Crippen molar-refractivity contribution in [2.45, 2.75) is 18.9 Å². The predicted octanol–water partition coefficient (Wildman–Crippen LogP) is 4.18. The lowest BCUT2D eigenvalue weighted by molar-refractivity contribution is -0.134. The Hall–Kier alpha value is -2.02. The van der Waals surface area contributed by atoms with E-state index in [9.17, 15) is 18.4 Å². The third kappa shape index (κ3) is 5.07. The summed E-state index contributed by atoms with van der Waals surface area (Å²) in [7, 11) is 0. The lowest BCUT2D eigenvalue weighted by Gasteiger charge is -2.37. The van der Waals surface area contributed by atoms with Gasteiger partial charge in [0, 0.05) is 43.6 Å². The number of nitrogens with one attached hydrogen (secondary N) is 1. The van der Waals surface area contributed by atoms with E-state index in [0.717, 1.165) is 17.7 Å². The largest absolute Gasteiger partial charge is 0.333 e. The van der Waals surface area contributed by atoms with Gasteiger partial charge in [-0.25, -0.2) is 8.78 Å². The zero-order chi connectivity index (χ0) is 19.4. The molecule has 150 valence electrons. The first-order chi connectivity index (χ1) is 13.0. The van der Waals surface area contributed by atoms with Gasteiger partial charge >= 0.3 is 0 Å². The maximum atomic E-state index is 13.7. The third-order valence-electron chi connectivity index (χ3n) is 4.63.